The van der Waals surface area contributed by atoms with Crippen molar-refractivity contribution in [3.63, 3.8) is 0 Å². The Bertz CT molecular complexity index is 1070. The Morgan fingerprint density at radius 1 is 1.03 bits per heavy atom. The summed E-state index contributed by atoms with van der Waals surface area (Å²) < 4.78 is 0. The molecule has 3 saturated heterocycles. The van der Waals surface area contributed by atoms with E-state index in [4.69, 9.17) is 0 Å². The maximum absolute atomic E-state index is 12.8. The molecule has 4 fully saturated rings. The van der Waals surface area contributed by atoms with Crippen molar-refractivity contribution in [2.24, 2.45) is 11.3 Å². The minimum atomic E-state index is -0.722. The van der Waals surface area contributed by atoms with Crippen LogP contribution < -0.4 is 4.90 Å². The van der Waals surface area contributed by atoms with Gasteiger partial charge in [-0.2, -0.15) is 0 Å². The molecule has 5 nitrogen and oxygen atoms in total. The molecule has 1 N–H and O–H groups in total. The summed E-state index contributed by atoms with van der Waals surface area (Å²) in [4.78, 5) is 19.3. The van der Waals surface area contributed by atoms with Gasteiger partial charge in [0.1, 0.15) is 0 Å². The van der Waals surface area contributed by atoms with Gasteiger partial charge >= 0.3 is 6.09 Å². The third-order valence-electron chi connectivity index (χ3n) is 8.98. The summed E-state index contributed by atoms with van der Waals surface area (Å²) in [7, 11) is 4.14. The molecule has 2 aromatic rings. The van der Waals surface area contributed by atoms with Gasteiger partial charge in [0.2, 0.25) is 0 Å². The predicted octanol–water partition coefficient (Wildman–Crippen LogP) is 5.26. The zero-order valence-electron chi connectivity index (χ0n) is 19.8. The summed E-state index contributed by atoms with van der Waals surface area (Å²) in [6.07, 6.45) is 6.05. The topological polar surface area (TPSA) is 47.0 Å². The van der Waals surface area contributed by atoms with Gasteiger partial charge in [0, 0.05) is 26.3 Å². The fraction of sp³-hybridized carbons (Fsp3) is 0.536. The number of amides is 1. The fourth-order valence-electron chi connectivity index (χ4n) is 6.90. The summed E-state index contributed by atoms with van der Waals surface area (Å²) in [5, 5.41) is 10.5. The van der Waals surface area contributed by atoms with Crippen LogP contribution in [0.15, 0.2) is 42.5 Å². The Balaban J connectivity index is 1.39. The summed E-state index contributed by atoms with van der Waals surface area (Å²) in [6, 6.07) is 15.6. The van der Waals surface area contributed by atoms with Gasteiger partial charge in [-0.05, 0) is 97.3 Å². The quantitative estimate of drug-likeness (QED) is 0.697. The van der Waals surface area contributed by atoms with Crippen LogP contribution >= 0.6 is 0 Å². The zero-order valence-corrected chi connectivity index (χ0v) is 19.8. The second kappa shape index (κ2) is 7.76. The van der Waals surface area contributed by atoms with E-state index in [0.717, 1.165) is 58.2 Å². The van der Waals surface area contributed by atoms with Gasteiger partial charge in [-0.1, -0.05) is 30.3 Å². The van der Waals surface area contributed by atoms with E-state index in [1.807, 2.05) is 4.90 Å². The number of fused-ring (bicyclic) bond motifs is 4. The van der Waals surface area contributed by atoms with E-state index in [2.05, 4.69) is 66.4 Å². The molecule has 5 heteroatoms. The van der Waals surface area contributed by atoms with E-state index in [0.29, 0.717) is 5.92 Å². The summed E-state index contributed by atoms with van der Waals surface area (Å²) >= 11 is 0. The first-order chi connectivity index (χ1) is 15.9. The van der Waals surface area contributed by atoms with E-state index in [1.54, 1.807) is 0 Å². The molecule has 1 unspecified atom stereocenters. The molecule has 1 saturated carbocycles. The van der Waals surface area contributed by atoms with E-state index in [1.165, 1.54) is 27.9 Å². The van der Waals surface area contributed by atoms with E-state index < -0.39 is 6.09 Å². The van der Waals surface area contributed by atoms with Crippen LogP contribution in [0.3, 0.4) is 0 Å². The van der Waals surface area contributed by atoms with Crippen LogP contribution in [0.25, 0.3) is 11.1 Å². The lowest BCUT2D eigenvalue weighted by Gasteiger charge is -2.52. The highest BCUT2D eigenvalue weighted by Gasteiger charge is 2.57. The third-order valence-corrected chi connectivity index (χ3v) is 8.98. The number of nitrogens with zero attached hydrogens (tertiary/aromatic N) is 3. The van der Waals surface area contributed by atoms with E-state index in [9.17, 15) is 9.90 Å². The summed E-state index contributed by atoms with van der Waals surface area (Å²) in [6.45, 7) is 3.18. The smallest absolute Gasteiger partial charge is 0.408 e. The number of aryl methyl sites for hydroxylation is 1. The molecule has 7 rings (SSSR count). The van der Waals surface area contributed by atoms with Crippen molar-refractivity contribution in [3.05, 3.63) is 53.6 Å². The average Bonchev–Trinajstić information content (AvgIpc) is 3.61. The number of hydrogen-bond acceptors (Lipinski definition) is 3. The molecule has 3 heterocycles. The SMILES string of the molecule is CN(C)c1cccc(-c2ccc3c(c2)CCC2(CC2)[C@@H]3N(C(=O)O)C2CN3CCC2CC3)c1. The first kappa shape index (κ1) is 21.0. The second-order valence-electron chi connectivity index (χ2n) is 11.0. The third kappa shape index (κ3) is 3.52. The van der Waals surface area contributed by atoms with Crippen molar-refractivity contribution in [2.75, 3.05) is 38.6 Å². The highest BCUT2D eigenvalue weighted by atomic mass is 16.4. The van der Waals surface area contributed by atoms with E-state index in [-0.39, 0.29) is 17.5 Å². The van der Waals surface area contributed by atoms with Gasteiger partial charge in [0.15, 0.2) is 0 Å². The Morgan fingerprint density at radius 3 is 2.42 bits per heavy atom. The van der Waals surface area contributed by atoms with Crippen molar-refractivity contribution in [3.8, 4) is 11.1 Å². The molecule has 33 heavy (non-hydrogen) atoms. The molecule has 1 spiro atoms. The van der Waals surface area contributed by atoms with Crippen molar-refractivity contribution >= 4 is 11.8 Å². The number of rotatable bonds is 4. The monoisotopic (exact) mass is 445 g/mol. The van der Waals surface area contributed by atoms with Crippen LogP contribution in [0.5, 0.6) is 0 Å². The number of benzene rings is 2. The highest BCUT2D eigenvalue weighted by Crippen LogP contribution is 2.63. The minimum absolute atomic E-state index is 0.00598. The number of carbonyl (C=O) groups is 1. The molecule has 2 atom stereocenters. The van der Waals surface area contributed by atoms with Gasteiger partial charge < -0.3 is 14.9 Å². The van der Waals surface area contributed by atoms with Gasteiger partial charge in [-0.25, -0.2) is 4.79 Å². The molecule has 0 aromatic heterocycles. The van der Waals surface area contributed by atoms with Crippen LogP contribution in [0.2, 0.25) is 0 Å². The molecule has 3 aliphatic heterocycles. The van der Waals surface area contributed by atoms with Crippen molar-refractivity contribution in [2.45, 2.75) is 50.6 Å². The Morgan fingerprint density at radius 2 is 1.79 bits per heavy atom. The number of anilines is 1. The van der Waals surface area contributed by atoms with Crippen LogP contribution in [0.1, 0.15) is 49.3 Å². The van der Waals surface area contributed by atoms with Gasteiger partial charge in [0.05, 0.1) is 12.1 Å². The van der Waals surface area contributed by atoms with Crippen molar-refractivity contribution < 1.29 is 9.90 Å². The first-order valence-corrected chi connectivity index (χ1v) is 12.6. The molecule has 2 bridgehead atoms. The lowest BCUT2D eigenvalue weighted by molar-refractivity contribution is -0.0243. The molecular formula is C28H35N3O2. The average molecular weight is 446 g/mol. The van der Waals surface area contributed by atoms with E-state index >= 15 is 0 Å². The largest absolute Gasteiger partial charge is 0.465 e. The first-order valence-electron chi connectivity index (χ1n) is 12.6. The molecule has 174 valence electrons. The van der Waals surface area contributed by atoms with Gasteiger partial charge in [0.25, 0.3) is 0 Å². The summed E-state index contributed by atoms with van der Waals surface area (Å²) in [5.41, 5.74) is 6.42. The van der Waals surface area contributed by atoms with Crippen molar-refractivity contribution in [1.82, 2.24) is 9.80 Å². The fourth-order valence-corrected chi connectivity index (χ4v) is 6.90. The van der Waals surface area contributed by atoms with Gasteiger partial charge in [-0.3, -0.25) is 4.90 Å². The van der Waals surface area contributed by atoms with Crippen molar-refractivity contribution in [1.29, 1.82) is 0 Å². The maximum Gasteiger partial charge on any atom is 0.408 e. The molecular weight excluding hydrogens is 410 g/mol. The standard InChI is InChI=1S/C28H35N3O2/c1-29(2)23-5-3-4-20(17-23)21-6-7-24-22(16-21)8-11-28(12-13-28)26(24)31(27(32)33)25-18-30-14-9-19(25)10-15-30/h3-7,16-17,19,25-26H,8-15,18H2,1-2H3,(H,32,33)/t25?,26-/m1/s1. The Hall–Kier alpha value is -2.53. The minimum Gasteiger partial charge on any atom is -0.465 e. The highest BCUT2D eigenvalue weighted by molar-refractivity contribution is 5.71. The number of hydrogen-bond donors (Lipinski definition) is 1. The lowest BCUT2D eigenvalue weighted by Crippen LogP contribution is -2.60. The molecule has 1 amide bonds. The summed E-state index contributed by atoms with van der Waals surface area (Å²) in [5.74, 6) is 0.514. The lowest BCUT2D eigenvalue weighted by atomic mass is 9.73. The van der Waals surface area contributed by atoms with Crippen LogP contribution in [0.4, 0.5) is 10.5 Å². The number of piperidine rings is 3. The Labute approximate surface area is 197 Å². The normalized spacial score (nSPS) is 28.9. The maximum atomic E-state index is 12.8. The second-order valence-corrected chi connectivity index (χ2v) is 11.0. The molecule has 2 aromatic carbocycles. The molecule has 5 aliphatic rings. The number of carboxylic acid groups (broad SMARTS) is 1. The Kier molecular flexibility index (Phi) is 4.95. The predicted molar refractivity (Wildman–Crippen MR) is 132 cm³/mol. The zero-order chi connectivity index (χ0) is 22.7. The van der Waals surface area contributed by atoms with Crippen LogP contribution in [-0.2, 0) is 6.42 Å². The molecule has 0 radical (unpaired) electrons. The van der Waals surface area contributed by atoms with Gasteiger partial charge in [-0.15, -0.1) is 0 Å². The molecule has 2 aliphatic carbocycles. The van der Waals surface area contributed by atoms with Crippen LogP contribution in [0, 0.1) is 11.3 Å². The van der Waals surface area contributed by atoms with Crippen LogP contribution in [-0.4, -0.2) is 60.8 Å².